The Morgan fingerprint density at radius 2 is 1.95 bits per heavy atom. The maximum absolute atomic E-state index is 4.15. The fourth-order valence-corrected chi connectivity index (χ4v) is 3.16. The van der Waals surface area contributed by atoms with Crippen LogP contribution in [0.5, 0.6) is 0 Å². The van der Waals surface area contributed by atoms with Crippen molar-refractivity contribution in [1.29, 1.82) is 0 Å². The Bertz CT molecular complexity index is 562. The highest BCUT2D eigenvalue weighted by Gasteiger charge is 2.25. The Morgan fingerprint density at radius 3 is 2.55 bits per heavy atom. The van der Waals surface area contributed by atoms with Crippen molar-refractivity contribution in [2.24, 2.45) is 5.92 Å². The average molecular weight is 268 g/mol. The first-order valence-electron chi connectivity index (χ1n) is 7.73. The van der Waals surface area contributed by atoms with Gasteiger partial charge in [0.2, 0.25) is 0 Å². The normalized spacial score (nSPS) is 21.4. The van der Waals surface area contributed by atoms with Gasteiger partial charge in [-0.1, -0.05) is 64.3 Å². The van der Waals surface area contributed by atoms with Gasteiger partial charge in [-0.25, -0.2) is 0 Å². The van der Waals surface area contributed by atoms with Crippen molar-refractivity contribution in [2.45, 2.75) is 46.0 Å². The van der Waals surface area contributed by atoms with E-state index in [0.717, 1.165) is 11.6 Å². The van der Waals surface area contributed by atoms with Crippen LogP contribution in [0.15, 0.2) is 37.4 Å². The topological polar surface area (TPSA) is 0 Å². The van der Waals surface area contributed by atoms with Crippen LogP contribution in [0.3, 0.4) is 0 Å². The average Bonchev–Trinajstić information content (AvgIpc) is 2.47. The van der Waals surface area contributed by atoms with Crippen molar-refractivity contribution in [3.8, 4) is 0 Å². The van der Waals surface area contributed by atoms with Gasteiger partial charge in [0, 0.05) is 0 Å². The molecule has 1 aliphatic carbocycles. The largest absolute Gasteiger partial charge is 0.103 e. The van der Waals surface area contributed by atoms with Crippen molar-refractivity contribution in [1.82, 2.24) is 0 Å². The summed E-state index contributed by atoms with van der Waals surface area (Å²) in [7, 11) is 0. The van der Waals surface area contributed by atoms with Crippen LogP contribution in [0.25, 0.3) is 12.7 Å². The van der Waals surface area contributed by atoms with Crippen LogP contribution in [-0.4, -0.2) is 0 Å². The maximum Gasteiger partial charge on any atom is -0.0150 e. The molecule has 0 spiro atoms. The second-order valence-electron chi connectivity index (χ2n) is 5.23. The number of aryl methyl sites for hydroxylation is 1. The lowest BCUT2D eigenvalue weighted by Gasteiger charge is -2.31. The summed E-state index contributed by atoms with van der Waals surface area (Å²) in [4.78, 5) is 0. The monoisotopic (exact) mass is 268 g/mol. The Kier molecular flexibility index (Phi) is 6.51. The highest BCUT2D eigenvalue weighted by Crippen LogP contribution is 2.35. The van der Waals surface area contributed by atoms with Gasteiger partial charge in [-0.15, -0.1) is 6.58 Å². The molecule has 2 rings (SSSR count). The van der Waals surface area contributed by atoms with Gasteiger partial charge in [0.15, 0.2) is 0 Å². The SMILES string of the molecule is C=C/C=c1/c2c(ccc1=C)CCC(CC=C)C2C.CC. The third-order valence-electron chi connectivity index (χ3n) is 4.17. The summed E-state index contributed by atoms with van der Waals surface area (Å²) in [5.74, 6) is 1.30. The summed E-state index contributed by atoms with van der Waals surface area (Å²) in [6.07, 6.45) is 9.58. The van der Waals surface area contributed by atoms with E-state index < -0.39 is 0 Å². The number of fused-ring (bicyclic) bond motifs is 1. The summed E-state index contributed by atoms with van der Waals surface area (Å²) in [6, 6.07) is 4.38. The zero-order valence-corrected chi connectivity index (χ0v) is 13.3. The molecule has 0 saturated carbocycles. The lowest BCUT2D eigenvalue weighted by atomic mass is 9.73. The number of hydrogen-bond acceptors (Lipinski definition) is 0. The molecule has 2 atom stereocenters. The Morgan fingerprint density at radius 1 is 1.25 bits per heavy atom. The van der Waals surface area contributed by atoms with Crippen molar-refractivity contribution in [2.75, 3.05) is 0 Å². The molecule has 20 heavy (non-hydrogen) atoms. The zero-order chi connectivity index (χ0) is 15.1. The minimum absolute atomic E-state index is 0.583. The lowest BCUT2D eigenvalue weighted by Crippen LogP contribution is -2.34. The van der Waals surface area contributed by atoms with Gasteiger partial charge in [0.05, 0.1) is 0 Å². The minimum Gasteiger partial charge on any atom is -0.103 e. The fraction of sp³-hybridized carbons (Fsp3) is 0.400. The van der Waals surface area contributed by atoms with Crippen LogP contribution in [-0.2, 0) is 6.42 Å². The molecular weight excluding hydrogens is 240 g/mol. The van der Waals surface area contributed by atoms with E-state index in [-0.39, 0.29) is 0 Å². The number of rotatable bonds is 3. The van der Waals surface area contributed by atoms with Crippen LogP contribution in [0.1, 0.15) is 50.7 Å². The molecule has 0 radical (unpaired) electrons. The van der Waals surface area contributed by atoms with Crippen LogP contribution in [0.4, 0.5) is 0 Å². The molecule has 0 bridgehead atoms. The highest BCUT2D eigenvalue weighted by molar-refractivity contribution is 5.45. The van der Waals surface area contributed by atoms with Crippen LogP contribution < -0.4 is 10.4 Å². The standard InChI is InChI=1S/C18H22.C2H6/c1-5-7-15-11-12-16-10-9-13(3)17(8-6-2)18(16)14(15)4;1-2/h5-6,8-10,14-15H,1-3,7,11-12H2,4H3;1-2H3/b17-8+;. The molecule has 0 aliphatic heterocycles. The first kappa shape index (κ1) is 16.5. The summed E-state index contributed by atoms with van der Waals surface area (Å²) in [6.45, 7) is 18.2. The van der Waals surface area contributed by atoms with Crippen molar-refractivity contribution in [3.63, 3.8) is 0 Å². The molecule has 0 amide bonds. The van der Waals surface area contributed by atoms with E-state index in [2.05, 4.69) is 50.9 Å². The van der Waals surface area contributed by atoms with Crippen molar-refractivity contribution < 1.29 is 0 Å². The Hall–Kier alpha value is -1.56. The van der Waals surface area contributed by atoms with E-state index in [4.69, 9.17) is 0 Å². The van der Waals surface area contributed by atoms with E-state index in [9.17, 15) is 0 Å². The summed E-state index contributed by atoms with van der Waals surface area (Å²) < 4.78 is 0. The fourth-order valence-electron chi connectivity index (χ4n) is 3.16. The predicted octanol–water partition coefficient (Wildman–Crippen LogP) is 4.33. The first-order valence-corrected chi connectivity index (χ1v) is 7.73. The molecule has 0 nitrogen and oxygen atoms in total. The molecule has 0 saturated heterocycles. The van der Waals surface area contributed by atoms with Gasteiger partial charge in [0.1, 0.15) is 0 Å². The van der Waals surface area contributed by atoms with Gasteiger partial charge in [-0.2, -0.15) is 0 Å². The van der Waals surface area contributed by atoms with Crippen molar-refractivity contribution >= 4 is 12.7 Å². The summed E-state index contributed by atoms with van der Waals surface area (Å²) >= 11 is 0. The zero-order valence-electron chi connectivity index (χ0n) is 13.3. The Balaban J connectivity index is 0.000000956. The lowest BCUT2D eigenvalue weighted by molar-refractivity contribution is 0.393. The van der Waals surface area contributed by atoms with Gasteiger partial charge >= 0.3 is 0 Å². The smallest absolute Gasteiger partial charge is 0.0150 e. The maximum atomic E-state index is 4.15. The van der Waals surface area contributed by atoms with Gasteiger partial charge in [0.25, 0.3) is 0 Å². The van der Waals surface area contributed by atoms with Crippen LogP contribution in [0, 0.1) is 5.92 Å². The molecule has 0 aromatic heterocycles. The Labute approximate surface area is 124 Å². The molecule has 1 aromatic carbocycles. The molecule has 0 fully saturated rings. The second kappa shape index (κ2) is 7.89. The third kappa shape index (κ3) is 3.30. The second-order valence-corrected chi connectivity index (χ2v) is 5.23. The number of benzene rings is 1. The van der Waals surface area contributed by atoms with Crippen LogP contribution in [0.2, 0.25) is 0 Å². The number of hydrogen-bond donors (Lipinski definition) is 0. The molecule has 2 unspecified atom stereocenters. The first-order chi connectivity index (χ1) is 9.69. The highest BCUT2D eigenvalue weighted by atomic mass is 14.3. The predicted molar refractivity (Wildman–Crippen MR) is 92.3 cm³/mol. The van der Waals surface area contributed by atoms with E-state index >= 15 is 0 Å². The van der Waals surface area contributed by atoms with Crippen molar-refractivity contribution in [3.05, 3.63) is 59.0 Å². The molecule has 108 valence electrons. The van der Waals surface area contributed by atoms with Gasteiger partial charge < -0.3 is 0 Å². The minimum atomic E-state index is 0.583. The van der Waals surface area contributed by atoms with E-state index in [1.807, 2.05) is 19.9 Å². The van der Waals surface area contributed by atoms with E-state index in [1.54, 1.807) is 0 Å². The quantitative estimate of drug-likeness (QED) is 0.716. The molecule has 1 aliphatic rings. The summed E-state index contributed by atoms with van der Waals surface area (Å²) in [5, 5.41) is 2.39. The molecule has 0 heterocycles. The van der Waals surface area contributed by atoms with Gasteiger partial charge in [-0.05, 0) is 52.7 Å². The molecule has 0 heteroatoms. The van der Waals surface area contributed by atoms with E-state index in [1.165, 1.54) is 29.2 Å². The van der Waals surface area contributed by atoms with Gasteiger partial charge in [-0.3, -0.25) is 0 Å². The molecule has 1 aromatic rings. The van der Waals surface area contributed by atoms with Crippen LogP contribution >= 0.6 is 0 Å². The number of allylic oxidation sites excluding steroid dienone is 2. The summed E-state index contributed by atoms with van der Waals surface area (Å²) in [5.41, 5.74) is 2.98. The van der Waals surface area contributed by atoms with E-state index in [0.29, 0.717) is 11.8 Å². The third-order valence-corrected chi connectivity index (χ3v) is 4.17. The molecule has 0 N–H and O–H groups in total. The molecular formula is C20H28.